The van der Waals surface area contributed by atoms with Gasteiger partial charge in [0, 0.05) is 6.20 Å². The molecule has 0 aliphatic heterocycles. The van der Waals surface area contributed by atoms with E-state index < -0.39 is 41.2 Å². The van der Waals surface area contributed by atoms with Gasteiger partial charge in [-0.3, -0.25) is 19.6 Å². The van der Waals surface area contributed by atoms with Crippen molar-refractivity contribution in [2.24, 2.45) is 17.3 Å². The molecule has 0 aliphatic rings. The van der Waals surface area contributed by atoms with Crippen LogP contribution in [0.25, 0.3) is 0 Å². The second-order valence-corrected chi connectivity index (χ2v) is 8.17. The van der Waals surface area contributed by atoms with Crippen LogP contribution in [0, 0.1) is 17.3 Å². The van der Waals surface area contributed by atoms with Gasteiger partial charge in [0.25, 0.3) is 5.91 Å². The lowest BCUT2D eigenvalue weighted by molar-refractivity contribution is -0.147. The van der Waals surface area contributed by atoms with Crippen molar-refractivity contribution in [2.45, 2.75) is 53.2 Å². The van der Waals surface area contributed by atoms with E-state index in [9.17, 15) is 19.5 Å². The van der Waals surface area contributed by atoms with E-state index in [4.69, 9.17) is 5.21 Å². The van der Waals surface area contributed by atoms with Crippen molar-refractivity contribution in [2.75, 3.05) is 5.32 Å². The largest absolute Gasteiger partial charge is 0.382 e. The van der Waals surface area contributed by atoms with Crippen LogP contribution in [0.1, 0.15) is 41.0 Å². The molecule has 28 heavy (non-hydrogen) atoms. The third-order valence-electron chi connectivity index (χ3n) is 4.15. The number of anilines is 1. The van der Waals surface area contributed by atoms with Gasteiger partial charge in [-0.25, -0.2) is 10.5 Å². The zero-order valence-electron chi connectivity index (χ0n) is 16.9. The van der Waals surface area contributed by atoms with Crippen LogP contribution in [0.2, 0.25) is 0 Å². The summed E-state index contributed by atoms with van der Waals surface area (Å²) >= 11 is 0. The summed E-state index contributed by atoms with van der Waals surface area (Å²) in [6, 6.07) is 4.11. The molecule has 1 aromatic rings. The summed E-state index contributed by atoms with van der Waals surface area (Å²) in [5, 5.41) is 24.2. The minimum atomic E-state index is -1.74. The van der Waals surface area contributed by atoms with Gasteiger partial charge < -0.3 is 15.7 Å². The highest BCUT2D eigenvalue weighted by atomic mass is 16.5. The summed E-state index contributed by atoms with van der Waals surface area (Å²) in [5.74, 6) is -2.99. The number of rotatable bonds is 8. The number of pyridine rings is 1. The van der Waals surface area contributed by atoms with Gasteiger partial charge in [-0.1, -0.05) is 40.7 Å². The number of hydroxylamine groups is 1. The molecule has 5 N–H and O–H groups in total. The first-order valence-corrected chi connectivity index (χ1v) is 9.11. The Morgan fingerprint density at radius 1 is 1.11 bits per heavy atom. The summed E-state index contributed by atoms with van der Waals surface area (Å²) in [7, 11) is 0. The van der Waals surface area contributed by atoms with Crippen molar-refractivity contribution in [3.8, 4) is 0 Å². The van der Waals surface area contributed by atoms with Gasteiger partial charge in [0.15, 0.2) is 0 Å². The fourth-order valence-corrected chi connectivity index (χ4v) is 2.70. The molecule has 1 heterocycles. The maximum atomic E-state index is 12.8. The van der Waals surface area contributed by atoms with E-state index in [2.05, 4.69) is 15.6 Å². The summed E-state index contributed by atoms with van der Waals surface area (Å²) in [6.45, 7) is 9.01. The van der Waals surface area contributed by atoms with Crippen molar-refractivity contribution in [1.82, 2.24) is 15.8 Å². The molecule has 0 bridgehead atoms. The molecule has 0 spiro atoms. The second-order valence-electron chi connectivity index (χ2n) is 8.17. The Hall–Kier alpha value is -2.52. The molecule has 1 aromatic heterocycles. The second kappa shape index (κ2) is 10.1. The van der Waals surface area contributed by atoms with Gasteiger partial charge in [-0.05, 0) is 29.9 Å². The van der Waals surface area contributed by atoms with E-state index in [0.29, 0.717) is 5.82 Å². The van der Waals surface area contributed by atoms with Crippen LogP contribution in [0.3, 0.4) is 0 Å². The molecule has 0 saturated carbocycles. The molecular weight excluding hydrogens is 364 g/mol. The lowest BCUT2D eigenvalue weighted by Gasteiger charge is -2.32. The highest BCUT2D eigenvalue weighted by Crippen LogP contribution is 2.23. The lowest BCUT2D eigenvalue weighted by atomic mass is 9.84. The quantitative estimate of drug-likeness (QED) is 0.330. The van der Waals surface area contributed by atoms with E-state index >= 15 is 0 Å². The molecule has 3 atom stereocenters. The summed E-state index contributed by atoms with van der Waals surface area (Å²) in [6.07, 6.45) is -0.0195. The zero-order chi connectivity index (χ0) is 21.5. The first-order chi connectivity index (χ1) is 13.0. The van der Waals surface area contributed by atoms with Crippen molar-refractivity contribution >= 4 is 23.5 Å². The number of nitrogens with zero attached hydrogens (tertiary/aromatic N) is 1. The van der Waals surface area contributed by atoms with E-state index in [-0.39, 0.29) is 12.3 Å². The molecule has 3 amide bonds. The topological polar surface area (TPSA) is 141 Å². The molecule has 0 saturated heterocycles. The Morgan fingerprint density at radius 2 is 1.75 bits per heavy atom. The SMILES string of the molecule is CC(C)C[C@H](C(=O)NC(C(=O)Nc1ccccn1)C(C)(C)C)C(O)C(=O)NO. The summed E-state index contributed by atoms with van der Waals surface area (Å²) in [5.41, 5.74) is 0.704. The number of aliphatic hydroxyl groups is 1. The van der Waals surface area contributed by atoms with Crippen molar-refractivity contribution in [3.05, 3.63) is 24.4 Å². The van der Waals surface area contributed by atoms with E-state index in [0.717, 1.165) is 0 Å². The third kappa shape index (κ3) is 6.90. The Bertz CT molecular complexity index is 673. The molecule has 0 fully saturated rings. The first kappa shape index (κ1) is 23.5. The molecular formula is C19H30N4O5. The van der Waals surface area contributed by atoms with Gasteiger partial charge in [0.2, 0.25) is 11.8 Å². The molecule has 156 valence electrons. The predicted molar refractivity (Wildman–Crippen MR) is 103 cm³/mol. The van der Waals surface area contributed by atoms with E-state index in [1.165, 1.54) is 11.7 Å². The van der Waals surface area contributed by atoms with Gasteiger partial charge in [-0.2, -0.15) is 0 Å². The average Bonchev–Trinajstić information content (AvgIpc) is 2.62. The van der Waals surface area contributed by atoms with Crippen LogP contribution in [-0.2, 0) is 14.4 Å². The number of nitrogens with one attached hydrogen (secondary N) is 3. The highest BCUT2D eigenvalue weighted by molar-refractivity contribution is 5.98. The van der Waals surface area contributed by atoms with Crippen LogP contribution in [0.5, 0.6) is 0 Å². The van der Waals surface area contributed by atoms with Crippen LogP contribution in [0.4, 0.5) is 5.82 Å². The van der Waals surface area contributed by atoms with Crippen LogP contribution < -0.4 is 16.1 Å². The highest BCUT2D eigenvalue weighted by Gasteiger charge is 2.38. The van der Waals surface area contributed by atoms with Crippen molar-refractivity contribution in [1.29, 1.82) is 0 Å². The summed E-state index contributed by atoms with van der Waals surface area (Å²) in [4.78, 5) is 41.2. The lowest BCUT2D eigenvalue weighted by Crippen LogP contribution is -2.55. The smallest absolute Gasteiger partial charge is 0.272 e. The zero-order valence-corrected chi connectivity index (χ0v) is 16.9. The Kier molecular flexibility index (Phi) is 8.52. The molecule has 0 aliphatic carbocycles. The number of hydrogen-bond donors (Lipinski definition) is 5. The number of aliphatic hydroxyl groups excluding tert-OH is 1. The van der Waals surface area contributed by atoms with E-state index in [1.54, 1.807) is 39.0 Å². The molecule has 9 nitrogen and oxygen atoms in total. The van der Waals surface area contributed by atoms with Crippen LogP contribution >= 0.6 is 0 Å². The first-order valence-electron chi connectivity index (χ1n) is 9.11. The summed E-state index contributed by atoms with van der Waals surface area (Å²) < 4.78 is 0. The standard InChI is InChI=1S/C19H30N4O5/c1-11(2)10-12(14(24)17(26)23-28)16(25)22-15(19(3,4)5)18(27)21-13-8-6-7-9-20-13/h6-9,11-12,14-15,24,28H,10H2,1-5H3,(H,22,25)(H,23,26)(H,20,21,27)/t12-,14?,15?/m0/s1. The Labute approximate surface area is 164 Å². The number of carbonyl (C=O) groups excluding carboxylic acids is 3. The van der Waals surface area contributed by atoms with Crippen molar-refractivity contribution in [3.63, 3.8) is 0 Å². The van der Waals surface area contributed by atoms with Gasteiger partial charge in [-0.15, -0.1) is 0 Å². The minimum absolute atomic E-state index is 0.00711. The molecule has 0 radical (unpaired) electrons. The molecule has 0 aromatic carbocycles. The molecule has 2 unspecified atom stereocenters. The number of carbonyl (C=O) groups is 3. The normalized spacial score (nSPS) is 14.7. The third-order valence-corrected chi connectivity index (χ3v) is 4.15. The maximum absolute atomic E-state index is 12.8. The minimum Gasteiger partial charge on any atom is -0.382 e. The average molecular weight is 394 g/mol. The van der Waals surface area contributed by atoms with Gasteiger partial charge in [0.05, 0.1) is 5.92 Å². The fraction of sp³-hybridized carbons (Fsp3) is 0.579. The monoisotopic (exact) mass is 394 g/mol. The fourth-order valence-electron chi connectivity index (χ4n) is 2.70. The number of hydrogen-bond acceptors (Lipinski definition) is 6. The number of aromatic nitrogens is 1. The van der Waals surface area contributed by atoms with Crippen LogP contribution in [-0.4, -0.2) is 45.2 Å². The molecule has 1 rings (SSSR count). The molecule has 9 heteroatoms. The Balaban J connectivity index is 3.03. The van der Waals surface area contributed by atoms with E-state index in [1.807, 2.05) is 13.8 Å². The predicted octanol–water partition coefficient (Wildman–Crippen LogP) is 1.08. The Morgan fingerprint density at radius 3 is 2.21 bits per heavy atom. The van der Waals surface area contributed by atoms with Gasteiger partial charge in [0.1, 0.15) is 18.0 Å². The van der Waals surface area contributed by atoms with Crippen LogP contribution in [0.15, 0.2) is 24.4 Å². The van der Waals surface area contributed by atoms with Gasteiger partial charge >= 0.3 is 0 Å². The van der Waals surface area contributed by atoms with Crippen molar-refractivity contribution < 1.29 is 24.7 Å². The number of amides is 3. The maximum Gasteiger partial charge on any atom is 0.272 e.